The van der Waals surface area contributed by atoms with Gasteiger partial charge in [-0.25, -0.2) is 0 Å². The third-order valence-corrected chi connectivity index (χ3v) is 4.13. The van der Waals surface area contributed by atoms with Crippen molar-refractivity contribution in [2.24, 2.45) is 11.1 Å². The summed E-state index contributed by atoms with van der Waals surface area (Å²) in [6.45, 7) is 0.592. The second-order valence-corrected chi connectivity index (χ2v) is 5.42. The molecule has 1 aliphatic rings. The number of benzene rings is 1. The quantitative estimate of drug-likeness (QED) is 0.784. The van der Waals surface area contributed by atoms with Gasteiger partial charge in [0.2, 0.25) is 5.91 Å². The molecule has 19 heavy (non-hydrogen) atoms. The van der Waals surface area contributed by atoms with Gasteiger partial charge < -0.3 is 11.1 Å². The number of aromatic amines is 1. The van der Waals surface area contributed by atoms with Gasteiger partial charge in [-0.1, -0.05) is 18.6 Å². The highest BCUT2D eigenvalue weighted by Crippen LogP contribution is 2.43. The molecule has 0 aliphatic heterocycles. The number of anilines is 1. The van der Waals surface area contributed by atoms with E-state index in [1.165, 1.54) is 6.42 Å². The summed E-state index contributed by atoms with van der Waals surface area (Å²) in [5, 5.41) is 10.9. The van der Waals surface area contributed by atoms with E-state index in [2.05, 4.69) is 15.5 Å². The van der Waals surface area contributed by atoms with Gasteiger partial charge >= 0.3 is 0 Å². The molecular weight excluding hydrogens is 240 g/mol. The number of amides is 1. The third-order valence-electron chi connectivity index (χ3n) is 4.13. The Morgan fingerprint density at radius 3 is 3.00 bits per heavy atom. The molecule has 4 N–H and O–H groups in total. The lowest BCUT2D eigenvalue weighted by Gasteiger charge is -2.40. The lowest BCUT2D eigenvalue weighted by atomic mass is 9.66. The summed E-state index contributed by atoms with van der Waals surface area (Å²) in [5.41, 5.74) is 7.47. The van der Waals surface area contributed by atoms with E-state index in [1.807, 2.05) is 18.2 Å². The number of hydrogen-bond acceptors (Lipinski definition) is 3. The van der Waals surface area contributed by atoms with Gasteiger partial charge in [0.05, 0.1) is 17.4 Å². The molecule has 1 heterocycles. The summed E-state index contributed by atoms with van der Waals surface area (Å²) in [5.74, 6) is 0.0345. The number of H-pyrrole nitrogens is 1. The molecule has 0 atom stereocenters. The molecule has 1 aliphatic carbocycles. The van der Waals surface area contributed by atoms with Crippen molar-refractivity contribution in [2.75, 3.05) is 11.9 Å². The van der Waals surface area contributed by atoms with Crippen LogP contribution in [-0.2, 0) is 4.79 Å². The summed E-state index contributed by atoms with van der Waals surface area (Å²) in [4.78, 5) is 12.1. The van der Waals surface area contributed by atoms with E-state index in [-0.39, 0.29) is 11.3 Å². The minimum absolute atomic E-state index is 0.0337. The highest BCUT2D eigenvalue weighted by molar-refractivity contribution is 6.00. The van der Waals surface area contributed by atoms with Crippen LogP contribution in [0.15, 0.2) is 24.4 Å². The molecule has 5 nitrogen and oxygen atoms in total. The molecule has 0 bridgehead atoms. The Morgan fingerprint density at radius 1 is 1.47 bits per heavy atom. The SMILES string of the molecule is NCC1(CC(=O)Nc2cccc3cn[nH]c23)CCC1. The Bertz CT molecular complexity index is 595. The van der Waals surface area contributed by atoms with Gasteiger partial charge in [-0.15, -0.1) is 0 Å². The molecule has 0 unspecified atom stereocenters. The van der Waals surface area contributed by atoms with Gasteiger partial charge in [-0.2, -0.15) is 5.10 Å². The van der Waals surface area contributed by atoms with Crippen LogP contribution in [-0.4, -0.2) is 22.6 Å². The molecule has 1 saturated carbocycles. The van der Waals surface area contributed by atoms with Gasteiger partial charge in [-0.05, 0) is 30.9 Å². The zero-order valence-corrected chi connectivity index (χ0v) is 10.8. The molecule has 0 saturated heterocycles. The van der Waals surface area contributed by atoms with Gasteiger partial charge in [-0.3, -0.25) is 9.89 Å². The smallest absolute Gasteiger partial charge is 0.225 e. The van der Waals surface area contributed by atoms with E-state index in [4.69, 9.17) is 5.73 Å². The van der Waals surface area contributed by atoms with Crippen molar-refractivity contribution >= 4 is 22.5 Å². The highest BCUT2D eigenvalue weighted by Gasteiger charge is 2.37. The van der Waals surface area contributed by atoms with Crippen molar-refractivity contribution in [3.05, 3.63) is 24.4 Å². The van der Waals surface area contributed by atoms with Crippen LogP contribution in [0.2, 0.25) is 0 Å². The van der Waals surface area contributed by atoms with Crippen molar-refractivity contribution in [1.29, 1.82) is 0 Å². The fourth-order valence-electron chi connectivity index (χ4n) is 2.74. The number of carbonyl (C=O) groups is 1. The molecule has 100 valence electrons. The van der Waals surface area contributed by atoms with E-state index in [1.54, 1.807) is 6.20 Å². The van der Waals surface area contributed by atoms with Gasteiger partial charge in [0.15, 0.2) is 0 Å². The van der Waals surface area contributed by atoms with Crippen molar-refractivity contribution in [2.45, 2.75) is 25.7 Å². The van der Waals surface area contributed by atoms with Crippen LogP contribution in [0.25, 0.3) is 10.9 Å². The second-order valence-electron chi connectivity index (χ2n) is 5.42. The summed E-state index contributed by atoms with van der Waals surface area (Å²) >= 11 is 0. The standard InChI is InChI=1S/C14H18N4O/c15-9-14(5-2-6-14)7-12(19)17-11-4-1-3-10-8-16-18-13(10)11/h1,3-4,8H,2,5-7,9,15H2,(H,16,18)(H,17,19). The first kappa shape index (κ1) is 12.2. The number of fused-ring (bicyclic) bond motifs is 1. The zero-order chi connectivity index (χ0) is 13.3. The highest BCUT2D eigenvalue weighted by atomic mass is 16.1. The Kier molecular flexibility index (Phi) is 2.98. The third kappa shape index (κ3) is 2.21. The number of nitrogens with two attached hydrogens (primary N) is 1. The Hall–Kier alpha value is -1.88. The fraction of sp³-hybridized carbons (Fsp3) is 0.429. The molecule has 1 fully saturated rings. The fourth-order valence-corrected chi connectivity index (χ4v) is 2.74. The normalized spacial score (nSPS) is 17.1. The number of rotatable bonds is 4. The van der Waals surface area contributed by atoms with Crippen LogP contribution in [0, 0.1) is 5.41 Å². The second kappa shape index (κ2) is 4.66. The summed E-state index contributed by atoms with van der Waals surface area (Å²) < 4.78 is 0. The number of para-hydroxylation sites is 1. The Balaban J connectivity index is 1.74. The van der Waals surface area contributed by atoms with Crippen molar-refractivity contribution < 1.29 is 4.79 Å². The lowest BCUT2D eigenvalue weighted by molar-refractivity contribution is -0.119. The predicted octanol–water partition coefficient (Wildman–Crippen LogP) is 2.02. The maximum Gasteiger partial charge on any atom is 0.225 e. The minimum atomic E-state index is 0.0337. The molecule has 1 aromatic carbocycles. The topological polar surface area (TPSA) is 83.8 Å². The van der Waals surface area contributed by atoms with Crippen molar-refractivity contribution in [1.82, 2.24) is 10.2 Å². The average molecular weight is 258 g/mol. The molecule has 5 heteroatoms. The number of nitrogens with zero attached hydrogens (tertiary/aromatic N) is 1. The number of aromatic nitrogens is 2. The average Bonchev–Trinajstić information content (AvgIpc) is 2.83. The number of hydrogen-bond donors (Lipinski definition) is 3. The summed E-state index contributed by atoms with van der Waals surface area (Å²) in [6, 6.07) is 5.76. The van der Waals surface area contributed by atoms with Gasteiger partial charge in [0, 0.05) is 11.8 Å². The molecule has 2 aromatic rings. The molecule has 0 spiro atoms. The largest absolute Gasteiger partial charge is 0.330 e. The monoisotopic (exact) mass is 258 g/mol. The molecule has 0 radical (unpaired) electrons. The predicted molar refractivity (Wildman–Crippen MR) is 74.7 cm³/mol. The lowest BCUT2D eigenvalue weighted by Crippen LogP contribution is -2.40. The summed E-state index contributed by atoms with van der Waals surface area (Å²) in [7, 11) is 0. The summed E-state index contributed by atoms with van der Waals surface area (Å²) in [6.07, 6.45) is 5.56. The maximum absolute atomic E-state index is 12.1. The van der Waals surface area contributed by atoms with Crippen molar-refractivity contribution in [3.63, 3.8) is 0 Å². The maximum atomic E-state index is 12.1. The van der Waals surface area contributed by atoms with Crippen molar-refractivity contribution in [3.8, 4) is 0 Å². The van der Waals surface area contributed by atoms with Crippen LogP contribution in [0.5, 0.6) is 0 Å². The van der Waals surface area contributed by atoms with Crippen LogP contribution in [0.1, 0.15) is 25.7 Å². The van der Waals surface area contributed by atoms with E-state index < -0.39 is 0 Å². The molecule has 1 amide bonds. The Morgan fingerprint density at radius 2 is 2.32 bits per heavy atom. The first-order valence-electron chi connectivity index (χ1n) is 6.64. The zero-order valence-electron chi connectivity index (χ0n) is 10.8. The number of nitrogens with one attached hydrogen (secondary N) is 2. The van der Waals surface area contributed by atoms with Gasteiger partial charge in [0.1, 0.15) is 0 Å². The van der Waals surface area contributed by atoms with E-state index in [0.717, 1.165) is 29.4 Å². The molecule has 3 rings (SSSR count). The van der Waals surface area contributed by atoms with Gasteiger partial charge in [0.25, 0.3) is 0 Å². The van der Waals surface area contributed by atoms with Crippen LogP contribution >= 0.6 is 0 Å². The number of carbonyl (C=O) groups excluding carboxylic acids is 1. The Labute approximate surface area is 111 Å². The molecular formula is C14H18N4O. The van der Waals surface area contributed by atoms with Crippen LogP contribution in [0.3, 0.4) is 0 Å². The van der Waals surface area contributed by atoms with E-state index in [0.29, 0.717) is 13.0 Å². The minimum Gasteiger partial charge on any atom is -0.330 e. The first-order chi connectivity index (χ1) is 9.22. The van der Waals surface area contributed by atoms with E-state index in [9.17, 15) is 4.79 Å². The van der Waals surface area contributed by atoms with E-state index >= 15 is 0 Å². The van der Waals surface area contributed by atoms with Crippen LogP contribution < -0.4 is 11.1 Å². The molecule has 1 aromatic heterocycles. The first-order valence-corrected chi connectivity index (χ1v) is 6.64. The van der Waals surface area contributed by atoms with Crippen LogP contribution in [0.4, 0.5) is 5.69 Å².